The zero-order valence-corrected chi connectivity index (χ0v) is 17.0. The Kier molecular flexibility index (Phi) is 6.71. The molecule has 0 aliphatic rings. The van der Waals surface area contributed by atoms with Gasteiger partial charge in [0, 0.05) is 11.3 Å². The number of benzene rings is 2. The first-order valence-electron chi connectivity index (χ1n) is 9.09. The number of hydrogen-bond acceptors (Lipinski definition) is 6. The van der Waals surface area contributed by atoms with E-state index in [1.54, 1.807) is 7.11 Å². The van der Waals surface area contributed by atoms with Gasteiger partial charge in [0.05, 0.1) is 12.9 Å². The van der Waals surface area contributed by atoms with Crippen molar-refractivity contribution in [1.82, 2.24) is 10.2 Å². The molecule has 0 aliphatic heterocycles. The summed E-state index contributed by atoms with van der Waals surface area (Å²) in [7, 11) is 1.61. The van der Waals surface area contributed by atoms with E-state index in [4.69, 9.17) is 9.15 Å². The molecule has 1 aromatic heterocycles. The number of methoxy groups -OCH3 is 1. The van der Waals surface area contributed by atoms with E-state index in [9.17, 15) is 4.79 Å². The highest BCUT2D eigenvalue weighted by Crippen LogP contribution is 2.25. The molecule has 1 N–H and O–H groups in total. The zero-order chi connectivity index (χ0) is 19.9. The third kappa shape index (κ3) is 5.13. The molecule has 1 unspecified atom stereocenters. The smallest absolute Gasteiger partial charge is 0.277 e. The summed E-state index contributed by atoms with van der Waals surface area (Å²) in [5.41, 5.74) is 2.85. The zero-order valence-electron chi connectivity index (χ0n) is 16.1. The SMILES string of the molecule is CCC(C)c1ccc(NC(=O)CSc2nnc(-c3ccc(OC)cc3)o2)cc1. The number of thioether (sulfide) groups is 1. The van der Waals surface area contributed by atoms with Gasteiger partial charge in [-0.25, -0.2) is 0 Å². The van der Waals surface area contributed by atoms with E-state index in [0.29, 0.717) is 17.0 Å². The number of carbonyl (C=O) groups is 1. The molecule has 0 saturated carbocycles. The third-order valence-corrected chi connectivity index (χ3v) is 5.26. The summed E-state index contributed by atoms with van der Waals surface area (Å²) >= 11 is 1.21. The lowest BCUT2D eigenvalue weighted by atomic mass is 9.99. The van der Waals surface area contributed by atoms with Gasteiger partial charge in [-0.15, -0.1) is 10.2 Å². The van der Waals surface area contributed by atoms with E-state index in [0.717, 1.165) is 23.4 Å². The fraction of sp³-hybridized carbons (Fsp3) is 0.286. The van der Waals surface area contributed by atoms with Crippen molar-refractivity contribution < 1.29 is 13.9 Å². The highest BCUT2D eigenvalue weighted by Gasteiger charge is 2.12. The molecular weight excluding hydrogens is 374 g/mol. The molecular formula is C21H23N3O3S. The van der Waals surface area contributed by atoms with Crippen molar-refractivity contribution in [2.45, 2.75) is 31.4 Å². The van der Waals surface area contributed by atoms with Gasteiger partial charge < -0.3 is 14.5 Å². The standard InChI is InChI=1S/C21H23N3O3S/c1-4-14(2)15-5-9-17(10-6-15)22-19(25)13-28-21-24-23-20(27-21)16-7-11-18(26-3)12-8-16/h5-12,14H,4,13H2,1-3H3,(H,22,25). The van der Waals surface area contributed by atoms with E-state index in [-0.39, 0.29) is 11.7 Å². The third-order valence-electron chi connectivity index (χ3n) is 4.45. The topological polar surface area (TPSA) is 77.2 Å². The molecule has 0 saturated heterocycles. The molecule has 3 aromatic rings. The summed E-state index contributed by atoms with van der Waals surface area (Å²) in [6.07, 6.45) is 1.09. The lowest BCUT2D eigenvalue weighted by molar-refractivity contribution is -0.113. The molecule has 1 atom stereocenters. The van der Waals surface area contributed by atoms with Crippen LogP contribution in [0.4, 0.5) is 5.69 Å². The second-order valence-corrected chi connectivity index (χ2v) is 7.30. The van der Waals surface area contributed by atoms with E-state index in [1.807, 2.05) is 36.4 Å². The molecule has 0 radical (unpaired) electrons. The largest absolute Gasteiger partial charge is 0.497 e. The Morgan fingerprint density at radius 2 is 1.86 bits per heavy atom. The van der Waals surface area contributed by atoms with Crippen LogP contribution >= 0.6 is 11.8 Å². The summed E-state index contributed by atoms with van der Waals surface area (Å²) in [5, 5.41) is 11.3. The number of ether oxygens (including phenoxy) is 1. The summed E-state index contributed by atoms with van der Waals surface area (Å²) in [6, 6.07) is 15.3. The number of nitrogens with zero attached hydrogens (tertiary/aromatic N) is 2. The van der Waals surface area contributed by atoms with E-state index in [1.165, 1.54) is 17.3 Å². The molecule has 3 rings (SSSR count). The average molecular weight is 398 g/mol. The first-order valence-corrected chi connectivity index (χ1v) is 10.1. The number of amides is 1. The van der Waals surface area contributed by atoms with Crippen molar-refractivity contribution in [2.75, 3.05) is 18.2 Å². The lowest BCUT2D eigenvalue weighted by Gasteiger charge is -2.10. The lowest BCUT2D eigenvalue weighted by Crippen LogP contribution is -2.14. The first kappa shape index (κ1) is 19.9. The van der Waals surface area contributed by atoms with Crippen LogP contribution in [0.5, 0.6) is 5.75 Å². The molecule has 7 heteroatoms. The Balaban J connectivity index is 1.52. The van der Waals surface area contributed by atoms with Gasteiger partial charge in [-0.05, 0) is 54.3 Å². The highest BCUT2D eigenvalue weighted by molar-refractivity contribution is 7.99. The van der Waals surface area contributed by atoms with Crippen molar-refractivity contribution >= 4 is 23.4 Å². The minimum Gasteiger partial charge on any atom is -0.497 e. The summed E-state index contributed by atoms with van der Waals surface area (Å²) < 4.78 is 10.8. The van der Waals surface area contributed by atoms with Crippen molar-refractivity contribution in [3.05, 3.63) is 54.1 Å². The van der Waals surface area contributed by atoms with Crippen LogP contribution in [0.3, 0.4) is 0 Å². The monoisotopic (exact) mass is 397 g/mol. The maximum absolute atomic E-state index is 12.2. The van der Waals surface area contributed by atoms with Crippen LogP contribution < -0.4 is 10.1 Å². The maximum Gasteiger partial charge on any atom is 0.277 e. The first-order chi connectivity index (χ1) is 13.6. The van der Waals surface area contributed by atoms with Crippen molar-refractivity contribution in [3.8, 4) is 17.2 Å². The normalized spacial score (nSPS) is 11.8. The van der Waals surface area contributed by atoms with Crippen LogP contribution in [-0.4, -0.2) is 29.0 Å². The molecule has 0 aliphatic carbocycles. The van der Waals surface area contributed by atoms with Crippen LogP contribution in [0.15, 0.2) is 58.2 Å². The molecule has 0 bridgehead atoms. The fourth-order valence-corrected chi connectivity index (χ4v) is 3.14. The average Bonchev–Trinajstić information content (AvgIpc) is 3.21. The molecule has 6 nitrogen and oxygen atoms in total. The molecule has 146 valence electrons. The van der Waals surface area contributed by atoms with E-state index in [2.05, 4.69) is 41.5 Å². The Morgan fingerprint density at radius 3 is 2.50 bits per heavy atom. The van der Waals surface area contributed by atoms with Crippen LogP contribution in [-0.2, 0) is 4.79 Å². The van der Waals surface area contributed by atoms with Gasteiger partial charge in [0.1, 0.15) is 5.75 Å². The number of nitrogens with one attached hydrogen (secondary N) is 1. The Labute approximate surface area is 168 Å². The van der Waals surface area contributed by atoms with E-state index >= 15 is 0 Å². The molecule has 2 aromatic carbocycles. The van der Waals surface area contributed by atoms with Gasteiger partial charge in [0.15, 0.2) is 0 Å². The van der Waals surface area contributed by atoms with Crippen molar-refractivity contribution in [2.24, 2.45) is 0 Å². The maximum atomic E-state index is 12.2. The minimum absolute atomic E-state index is 0.120. The summed E-state index contributed by atoms with van der Waals surface area (Å²) in [4.78, 5) is 12.2. The van der Waals surface area contributed by atoms with Gasteiger partial charge >= 0.3 is 0 Å². The number of carbonyl (C=O) groups excluding carboxylic acids is 1. The predicted octanol–water partition coefficient (Wildman–Crippen LogP) is 4.99. The second kappa shape index (κ2) is 9.41. The number of aromatic nitrogens is 2. The number of hydrogen-bond donors (Lipinski definition) is 1. The van der Waals surface area contributed by atoms with Gasteiger partial charge in [-0.1, -0.05) is 37.7 Å². The Bertz CT molecular complexity index is 907. The van der Waals surface area contributed by atoms with Crippen LogP contribution in [0, 0.1) is 0 Å². The molecule has 0 spiro atoms. The Morgan fingerprint density at radius 1 is 1.14 bits per heavy atom. The number of rotatable bonds is 8. The van der Waals surface area contributed by atoms with Crippen LogP contribution in [0.25, 0.3) is 11.5 Å². The van der Waals surface area contributed by atoms with Crippen molar-refractivity contribution in [3.63, 3.8) is 0 Å². The van der Waals surface area contributed by atoms with Crippen LogP contribution in [0.1, 0.15) is 31.7 Å². The van der Waals surface area contributed by atoms with Crippen LogP contribution in [0.2, 0.25) is 0 Å². The summed E-state index contributed by atoms with van der Waals surface area (Å²) in [5.74, 6) is 1.75. The second-order valence-electron chi connectivity index (χ2n) is 6.37. The molecule has 1 amide bonds. The highest BCUT2D eigenvalue weighted by atomic mass is 32.2. The summed E-state index contributed by atoms with van der Waals surface area (Å²) in [6.45, 7) is 4.35. The van der Waals surface area contributed by atoms with Gasteiger partial charge in [0.2, 0.25) is 11.8 Å². The molecule has 0 fully saturated rings. The fourth-order valence-electron chi connectivity index (χ4n) is 2.57. The van der Waals surface area contributed by atoms with Gasteiger partial charge in [-0.2, -0.15) is 0 Å². The van der Waals surface area contributed by atoms with Gasteiger partial charge in [-0.3, -0.25) is 4.79 Å². The minimum atomic E-state index is -0.120. The van der Waals surface area contributed by atoms with E-state index < -0.39 is 0 Å². The quantitative estimate of drug-likeness (QED) is 0.540. The predicted molar refractivity (Wildman–Crippen MR) is 111 cm³/mol. The van der Waals surface area contributed by atoms with Crippen molar-refractivity contribution in [1.29, 1.82) is 0 Å². The Hall–Kier alpha value is -2.80. The van der Waals surface area contributed by atoms with Gasteiger partial charge in [0.25, 0.3) is 5.22 Å². The molecule has 28 heavy (non-hydrogen) atoms. The molecule has 1 heterocycles. The number of anilines is 1.